The molecule has 2 nitrogen and oxygen atoms in total. The predicted molar refractivity (Wildman–Crippen MR) is 70.3 cm³/mol. The summed E-state index contributed by atoms with van der Waals surface area (Å²) in [5.74, 6) is -0.354. The van der Waals surface area contributed by atoms with Crippen molar-refractivity contribution in [3.05, 3.63) is 57.8 Å². The molecule has 0 saturated carbocycles. The van der Waals surface area contributed by atoms with Crippen LogP contribution in [0.1, 0.15) is 11.1 Å². The monoisotopic (exact) mass is 359 g/mol. The van der Waals surface area contributed by atoms with Gasteiger partial charge in [-0.05, 0) is 52.3 Å². The van der Waals surface area contributed by atoms with Gasteiger partial charge >= 0.3 is 6.18 Å². The van der Waals surface area contributed by atoms with Gasteiger partial charge in [-0.1, -0.05) is 0 Å². The highest BCUT2D eigenvalue weighted by Crippen LogP contribution is 2.35. The van der Waals surface area contributed by atoms with E-state index in [4.69, 9.17) is 10.00 Å². The van der Waals surface area contributed by atoms with E-state index in [9.17, 15) is 17.6 Å². The number of alkyl halides is 3. The fraction of sp³-hybridized carbons (Fsp3) is 0.0714. The molecule has 0 radical (unpaired) electrons. The van der Waals surface area contributed by atoms with Crippen LogP contribution in [0, 0.1) is 17.1 Å². The Morgan fingerprint density at radius 2 is 1.71 bits per heavy atom. The van der Waals surface area contributed by atoms with Crippen molar-refractivity contribution in [2.24, 2.45) is 0 Å². The third kappa shape index (κ3) is 3.52. The van der Waals surface area contributed by atoms with Crippen molar-refractivity contribution in [1.29, 1.82) is 5.26 Å². The Balaban J connectivity index is 2.39. The van der Waals surface area contributed by atoms with E-state index in [-0.39, 0.29) is 21.5 Å². The largest absolute Gasteiger partial charge is 0.455 e. The highest BCUT2D eigenvalue weighted by molar-refractivity contribution is 9.10. The average molecular weight is 360 g/mol. The first kappa shape index (κ1) is 15.3. The molecule has 0 N–H and O–H groups in total. The third-order valence-electron chi connectivity index (χ3n) is 2.54. The number of rotatable bonds is 2. The fourth-order valence-corrected chi connectivity index (χ4v) is 1.99. The fourth-order valence-electron chi connectivity index (χ4n) is 1.56. The molecule has 0 amide bonds. The Bertz CT molecular complexity index is 722. The van der Waals surface area contributed by atoms with Crippen LogP contribution in [-0.2, 0) is 6.18 Å². The first-order valence-electron chi connectivity index (χ1n) is 5.55. The van der Waals surface area contributed by atoms with E-state index >= 15 is 0 Å². The number of ether oxygens (including phenoxy) is 1. The van der Waals surface area contributed by atoms with Crippen LogP contribution in [0.15, 0.2) is 40.9 Å². The van der Waals surface area contributed by atoms with E-state index in [0.29, 0.717) is 6.07 Å². The van der Waals surface area contributed by atoms with Gasteiger partial charge in [0.1, 0.15) is 23.4 Å². The number of nitrogens with zero attached hydrogens (tertiary/aromatic N) is 1. The Morgan fingerprint density at radius 1 is 1.05 bits per heavy atom. The molecular formula is C14H6BrF4NO. The number of hydrogen-bond donors (Lipinski definition) is 0. The van der Waals surface area contributed by atoms with Gasteiger partial charge in [0, 0.05) is 0 Å². The van der Waals surface area contributed by atoms with Crippen LogP contribution in [0.5, 0.6) is 11.5 Å². The highest BCUT2D eigenvalue weighted by Gasteiger charge is 2.31. The van der Waals surface area contributed by atoms with Gasteiger partial charge in [0.25, 0.3) is 0 Å². The zero-order chi connectivity index (χ0) is 15.6. The van der Waals surface area contributed by atoms with Crippen molar-refractivity contribution in [1.82, 2.24) is 0 Å². The van der Waals surface area contributed by atoms with Crippen molar-refractivity contribution in [2.45, 2.75) is 6.18 Å². The van der Waals surface area contributed by atoms with E-state index in [0.717, 1.165) is 24.3 Å². The van der Waals surface area contributed by atoms with Crippen LogP contribution in [-0.4, -0.2) is 0 Å². The molecule has 7 heteroatoms. The molecule has 0 bridgehead atoms. The lowest BCUT2D eigenvalue weighted by Crippen LogP contribution is -2.05. The van der Waals surface area contributed by atoms with E-state index in [1.165, 1.54) is 6.07 Å². The smallest absolute Gasteiger partial charge is 0.416 e. The molecule has 0 atom stereocenters. The molecule has 2 aromatic carbocycles. The Hall–Kier alpha value is -2.07. The molecule has 0 aliphatic heterocycles. The number of benzene rings is 2. The lowest BCUT2D eigenvalue weighted by Gasteiger charge is -2.12. The highest BCUT2D eigenvalue weighted by atomic mass is 79.9. The normalized spacial score (nSPS) is 11.0. The standard InChI is InChI=1S/C14H6BrF4NO/c15-11-6-10(16)2-4-13(11)21-12-3-1-9(14(17,18)19)5-8(12)7-20/h1-6H. The van der Waals surface area contributed by atoms with Crippen molar-refractivity contribution in [3.63, 3.8) is 0 Å². The Kier molecular flexibility index (Phi) is 4.19. The number of halogens is 5. The quantitative estimate of drug-likeness (QED) is 0.684. The van der Waals surface area contributed by atoms with Crippen LogP contribution in [0.2, 0.25) is 0 Å². The van der Waals surface area contributed by atoms with E-state index in [2.05, 4.69) is 15.9 Å². The SMILES string of the molecule is N#Cc1cc(C(F)(F)F)ccc1Oc1ccc(F)cc1Br. The van der Waals surface area contributed by atoms with E-state index in [1.54, 1.807) is 6.07 Å². The van der Waals surface area contributed by atoms with Gasteiger partial charge in [-0.2, -0.15) is 18.4 Å². The summed E-state index contributed by atoms with van der Waals surface area (Å²) >= 11 is 3.07. The van der Waals surface area contributed by atoms with Gasteiger partial charge in [-0.3, -0.25) is 0 Å². The molecule has 2 aromatic rings. The maximum absolute atomic E-state index is 13.0. The molecule has 108 valence electrons. The number of nitriles is 1. The molecule has 0 aromatic heterocycles. The molecule has 0 unspecified atom stereocenters. The van der Waals surface area contributed by atoms with Crippen LogP contribution in [0.25, 0.3) is 0 Å². The van der Waals surface area contributed by atoms with E-state index < -0.39 is 17.6 Å². The van der Waals surface area contributed by atoms with Crippen molar-refractivity contribution >= 4 is 15.9 Å². The maximum Gasteiger partial charge on any atom is 0.416 e. The molecule has 0 fully saturated rings. The zero-order valence-corrected chi connectivity index (χ0v) is 11.8. The summed E-state index contributed by atoms with van der Waals surface area (Å²) in [6.07, 6.45) is -4.54. The topological polar surface area (TPSA) is 33.0 Å². The third-order valence-corrected chi connectivity index (χ3v) is 3.16. The van der Waals surface area contributed by atoms with Crippen molar-refractivity contribution in [3.8, 4) is 17.6 Å². The summed E-state index contributed by atoms with van der Waals surface area (Å²) < 4.78 is 56.3. The molecule has 21 heavy (non-hydrogen) atoms. The van der Waals surface area contributed by atoms with Gasteiger partial charge in [0.2, 0.25) is 0 Å². The molecule has 0 aliphatic carbocycles. The van der Waals surface area contributed by atoms with Crippen molar-refractivity contribution in [2.75, 3.05) is 0 Å². The van der Waals surface area contributed by atoms with Crippen LogP contribution >= 0.6 is 15.9 Å². The first-order valence-corrected chi connectivity index (χ1v) is 6.35. The van der Waals surface area contributed by atoms with Crippen molar-refractivity contribution < 1.29 is 22.3 Å². The van der Waals surface area contributed by atoms with Gasteiger partial charge in [-0.25, -0.2) is 4.39 Å². The number of hydrogen-bond acceptors (Lipinski definition) is 2. The zero-order valence-electron chi connectivity index (χ0n) is 10.2. The summed E-state index contributed by atoms with van der Waals surface area (Å²) in [6, 6.07) is 7.80. The van der Waals surface area contributed by atoms with Gasteiger partial charge in [0.15, 0.2) is 0 Å². The minimum absolute atomic E-state index is 0.0437. The lowest BCUT2D eigenvalue weighted by molar-refractivity contribution is -0.137. The molecule has 0 heterocycles. The molecule has 0 saturated heterocycles. The first-order chi connectivity index (χ1) is 9.81. The van der Waals surface area contributed by atoms with Gasteiger partial charge < -0.3 is 4.74 Å². The minimum Gasteiger partial charge on any atom is -0.455 e. The predicted octanol–water partition coefficient (Wildman–Crippen LogP) is 5.27. The lowest BCUT2D eigenvalue weighted by atomic mass is 10.1. The summed E-state index contributed by atoms with van der Waals surface area (Å²) in [7, 11) is 0. The second-order valence-corrected chi connectivity index (χ2v) is 4.85. The summed E-state index contributed by atoms with van der Waals surface area (Å²) in [6.45, 7) is 0. The summed E-state index contributed by atoms with van der Waals surface area (Å²) in [4.78, 5) is 0. The van der Waals surface area contributed by atoms with Crippen LogP contribution in [0.4, 0.5) is 17.6 Å². The van der Waals surface area contributed by atoms with Crippen LogP contribution < -0.4 is 4.74 Å². The van der Waals surface area contributed by atoms with E-state index in [1.807, 2.05) is 0 Å². The maximum atomic E-state index is 13.0. The Labute approximate surface area is 125 Å². The molecule has 0 spiro atoms. The molecular weight excluding hydrogens is 354 g/mol. The van der Waals surface area contributed by atoms with Crippen LogP contribution in [0.3, 0.4) is 0 Å². The molecule has 0 aliphatic rings. The van der Waals surface area contributed by atoms with Gasteiger partial charge in [0.05, 0.1) is 15.6 Å². The van der Waals surface area contributed by atoms with Gasteiger partial charge in [-0.15, -0.1) is 0 Å². The second kappa shape index (κ2) is 5.74. The molecule has 2 rings (SSSR count). The minimum atomic E-state index is -4.54. The Morgan fingerprint density at radius 3 is 2.29 bits per heavy atom. The summed E-state index contributed by atoms with van der Waals surface area (Å²) in [5.41, 5.74) is -1.20. The average Bonchev–Trinajstić information content (AvgIpc) is 2.41. The second-order valence-electron chi connectivity index (χ2n) is 4.00. The summed E-state index contributed by atoms with van der Waals surface area (Å²) in [5, 5.41) is 8.93.